The number of halogens is 1. The summed E-state index contributed by atoms with van der Waals surface area (Å²) in [6, 6.07) is 3.39. The smallest absolute Gasteiger partial charge is 0.321 e. The van der Waals surface area contributed by atoms with Crippen LogP contribution in [-0.4, -0.2) is 40.7 Å². The van der Waals surface area contributed by atoms with E-state index < -0.39 is 0 Å². The van der Waals surface area contributed by atoms with Crippen LogP contribution in [0.15, 0.2) is 16.7 Å². The monoisotopic (exact) mass is 329 g/mol. The normalized spacial score (nSPS) is 10.3. The molecule has 0 aromatic carbocycles. The quantitative estimate of drug-likeness (QED) is 0.788. The summed E-state index contributed by atoms with van der Waals surface area (Å²) >= 11 is 3.28. The number of amides is 2. The second kappa shape index (κ2) is 8.12. The van der Waals surface area contributed by atoms with Crippen molar-refractivity contribution in [3.63, 3.8) is 0 Å². The maximum Gasteiger partial charge on any atom is 0.321 e. The van der Waals surface area contributed by atoms with Crippen LogP contribution in [0.5, 0.6) is 0 Å². The number of hydrogen-bond acceptors (Lipinski definition) is 3. The van der Waals surface area contributed by atoms with Crippen LogP contribution in [0.1, 0.15) is 25.5 Å². The van der Waals surface area contributed by atoms with Crippen molar-refractivity contribution < 1.29 is 9.90 Å². The molecule has 0 aliphatic rings. The van der Waals surface area contributed by atoms with Gasteiger partial charge in [-0.05, 0) is 41.4 Å². The molecular weight excluding hydrogens is 310 g/mol. The minimum atomic E-state index is -0.199. The first kappa shape index (κ1) is 15.9. The van der Waals surface area contributed by atoms with Crippen LogP contribution in [0.4, 0.5) is 10.5 Å². The minimum Gasteiger partial charge on any atom is -0.395 e. The largest absolute Gasteiger partial charge is 0.395 e. The molecule has 0 spiro atoms. The van der Waals surface area contributed by atoms with Gasteiger partial charge in [0.15, 0.2) is 0 Å². The molecule has 0 aliphatic carbocycles. The first-order valence-corrected chi connectivity index (χ1v) is 7.17. The van der Waals surface area contributed by atoms with E-state index in [1.807, 2.05) is 6.92 Å². The molecule has 106 valence electrons. The number of carbonyl (C=O) groups excluding carboxylic acids is 1. The first-order valence-electron chi connectivity index (χ1n) is 6.38. The zero-order chi connectivity index (χ0) is 14.3. The molecule has 0 saturated heterocycles. The Morgan fingerprint density at radius 2 is 2.21 bits per heavy atom. The lowest BCUT2D eigenvalue weighted by atomic mass is 10.3. The average Bonchev–Trinajstić information content (AvgIpc) is 2.37. The van der Waals surface area contributed by atoms with Gasteiger partial charge in [-0.2, -0.15) is 0 Å². The molecule has 0 radical (unpaired) electrons. The van der Waals surface area contributed by atoms with Crippen LogP contribution in [0.3, 0.4) is 0 Å². The fourth-order valence-electron chi connectivity index (χ4n) is 1.64. The summed E-state index contributed by atoms with van der Waals surface area (Å²) in [5.41, 5.74) is 1.44. The Kier molecular flexibility index (Phi) is 6.80. The summed E-state index contributed by atoms with van der Waals surface area (Å²) in [6.07, 6.45) is 1.93. The van der Waals surface area contributed by atoms with Gasteiger partial charge >= 0.3 is 6.03 Å². The highest BCUT2D eigenvalue weighted by molar-refractivity contribution is 9.10. The Morgan fingerprint density at radius 3 is 2.79 bits per heavy atom. The molecule has 6 heteroatoms. The van der Waals surface area contributed by atoms with Gasteiger partial charge in [0.1, 0.15) is 4.60 Å². The highest BCUT2D eigenvalue weighted by Gasteiger charge is 2.13. The molecule has 5 nitrogen and oxygen atoms in total. The molecule has 0 aliphatic heterocycles. The number of urea groups is 1. The Balaban J connectivity index is 2.69. The molecule has 0 unspecified atom stereocenters. The number of nitrogens with zero attached hydrogens (tertiary/aromatic N) is 2. The number of aryl methyl sites for hydroxylation is 1. The second-order valence-corrected chi connectivity index (χ2v) is 5.07. The number of carbonyl (C=O) groups is 1. The van der Waals surface area contributed by atoms with Crippen molar-refractivity contribution in [3.8, 4) is 0 Å². The van der Waals surface area contributed by atoms with Crippen molar-refractivity contribution in [2.24, 2.45) is 0 Å². The Labute approximate surface area is 122 Å². The maximum absolute atomic E-state index is 12.1. The fourth-order valence-corrected chi connectivity index (χ4v) is 2.04. The Hall–Kier alpha value is -1.14. The average molecular weight is 330 g/mol. The minimum absolute atomic E-state index is 0.0330. The number of anilines is 1. The van der Waals surface area contributed by atoms with Crippen molar-refractivity contribution in [2.45, 2.75) is 26.7 Å². The molecule has 1 heterocycles. The standard InChI is InChI=1S/C13H20BrN3O2/c1-3-4-7-17(8-9-18)13(19)16-11-5-6-12(14)15-10(11)2/h5-6,18H,3-4,7-9H2,1-2H3,(H,16,19). The van der Waals surface area contributed by atoms with E-state index in [2.05, 4.69) is 33.2 Å². The summed E-state index contributed by atoms with van der Waals surface area (Å²) in [7, 11) is 0. The zero-order valence-electron chi connectivity index (χ0n) is 11.3. The first-order chi connectivity index (χ1) is 9.08. The van der Waals surface area contributed by atoms with E-state index in [-0.39, 0.29) is 12.6 Å². The van der Waals surface area contributed by atoms with Gasteiger partial charge in [-0.3, -0.25) is 0 Å². The summed E-state index contributed by atoms with van der Waals surface area (Å²) in [4.78, 5) is 18.0. The van der Waals surface area contributed by atoms with Crippen LogP contribution >= 0.6 is 15.9 Å². The molecule has 0 bridgehead atoms. The highest BCUT2D eigenvalue weighted by atomic mass is 79.9. The molecule has 19 heavy (non-hydrogen) atoms. The molecule has 1 aromatic rings. The summed E-state index contributed by atoms with van der Waals surface area (Å²) in [5, 5.41) is 11.8. The van der Waals surface area contributed by atoms with Gasteiger partial charge in [0.2, 0.25) is 0 Å². The number of hydrogen-bond donors (Lipinski definition) is 2. The van der Waals surface area contributed by atoms with E-state index in [4.69, 9.17) is 5.11 Å². The van der Waals surface area contributed by atoms with Crippen molar-refractivity contribution in [3.05, 3.63) is 22.4 Å². The molecule has 1 rings (SSSR count). The number of nitrogens with one attached hydrogen (secondary N) is 1. The molecular formula is C13H20BrN3O2. The summed E-state index contributed by atoms with van der Waals surface area (Å²) in [5.74, 6) is 0. The van der Waals surface area contributed by atoms with Gasteiger partial charge in [-0.25, -0.2) is 9.78 Å². The van der Waals surface area contributed by atoms with Gasteiger partial charge in [0, 0.05) is 13.1 Å². The van der Waals surface area contributed by atoms with Gasteiger partial charge in [-0.1, -0.05) is 13.3 Å². The van der Waals surface area contributed by atoms with Gasteiger partial charge in [0.25, 0.3) is 0 Å². The number of rotatable bonds is 6. The summed E-state index contributed by atoms with van der Waals surface area (Å²) < 4.78 is 0.737. The molecule has 1 aromatic heterocycles. The van der Waals surface area contributed by atoms with Crippen molar-refractivity contribution >= 4 is 27.6 Å². The Bertz CT molecular complexity index is 426. The fraction of sp³-hybridized carbons (Fsp3) is 0.538. The topological polar surface area (TPSA) is 65.5 Å². The molecule has 0 atom stereocenters. The van der Waals surface area contributed by atoms with Crippen LogP contribution in [0.2, 0.25) is 0 Å². The zero-order valence-corrected chi connectivity index (χ0v) is 12.9. The molecule has 2 amide bonds. The third-order valence-corrected chi connectivity index (χ3v) is 3.17. The van der Waals surface area contributed by atoms with Crippen molar-refractivity contribution in [1.29, 1.82) is 0 Å². The van der Waals surface area contributed by atoms with Crippen LogP contribution in [0.25, 0.3) is 0 Å². The van der Waals surface area contributed by atoms with Crippen LogP contribution < -0.4 is 5.32 Å². The van der Waals surface area contributed by atoms with Crippen molar-refractivity contribution in [2.75, 3.05) is 25.0 Å². The third-order valence-electron chi connectivity index (χ3n) is 2.73. The second-order valence-electron chi connectivity index (χ2n) is 4.26. The molecule has 2 N–H and O–H groups in total. The van der Waals surface area contributed by atoms with E-state index in [1.54, 1.807) is 17.0 Å². The summed E-state index contributed by atoms with van der Waals surface area (Å²) in [6.45, 7) is 4.86. The van der Waals surface area contributed by atoms with E-state index in [0.717, 1.165) is 23.1 Å². The number of aliphatic hydroxyl groups is 1. The SMILES string of the molecule is CCCCN(CCO)C(=O)Nc1ccc(Br)nc1C. The highest BCUT2D eigenvalue weighted by Crippen LogP contribution is 2.16. The Morgan fingerprint density at radius 1 is 1.47 bits per heavy atom. The van der Waals surface area contributed by atoms with Crippen LogP contribution in [0, 0.1) is 6.92 Å². The predicted octanol–water partition coefficient (Wildman–Crippen LogP) is 2.78. The van der Waals surface area contributed by atoms with E-state index in [0.29, 0.717) is 18.8 Å². The lowest BCUT2D eigenvalue weighted by molar-refractivity contribution is 0.187. The molecule has 0 saturated carbocycles. The van der Waals surface area contributed by atoms with Crippen molar-refractivity contribution in [1.82, 2.24) is 9.88 Å². The predicted molar refractivity (Wildman–Crippen MR) is 79.3 cm³/mol. The number of aliphatic hydroxyl groups excluding tert-OH is 1. The molecule has 0 fully saturated rings. The van der Waals surface area contributed by atoms with Gasteiger partial charge in [-0.15, -0.1) is 0 Å². The van der Waals surface area contributed by atoms with Crippen LogP contribution in [-0.2, 0) is 0 Å². The third kappa shape index (κ3) is 5.16. The number of pyridine rings is 1. The van der Waals surface area contributed by atoms with Gasteiger partial charge < -0.3 is 15.3 Å². The van der Waals surface area contributed by atoms with E-state index in [9.17, 15) is 4.79 Å². The maximum atomic E-state index is 12.1. The van der Waals surface area contributed by atoms with E-state index >= 15 is 0 Å². The van der Waals surface area contributed by atoms with Gasteiger partial charge in [0.05, 0.1) is 18.0 Å². The lowest BCUT2D eigenvalue weighted by Gasteiger charge is -2.22. The number of aromatic nitrogens is 1. The number of unbranched alkanes of at least 4 members (excludes halogenated alkanes) is 1. The lowest BCUT2D eigenvalue weighted by Crippen LogP contribution is -2.37. The van der Waals surface area contributed by atoms with E-state index in [1.165, 1.54) is 0 Å².